The first-order chi connectivity index (χ1) is 9.97. The Kier molecular flexibility index (Phi) is 6.10. The Bertz CT molecular complexity index is 316. The summed E-state index contributed by atoms with van der Waals surface area (Å²) in [5.41, 5.74) is 0.312. The van der Waals surface area contributed by atoms with Gasteiger partial charge in [-0.25, -0.2) is 0 Å². The minimum absolute atomic E-state index is 0.312. The van der Waals surface area contributed by atoms with Crippen LogP contribution in [0.1, 0.15) is 59.8 Å². The van der Waals surface area contributed by atoms with Gasteiger partial charge in [-0.05, 0) is 52.6 Å². The largest absolute Gasteiger partial charge is 0.313 e. The van der Waals surface area contributed by atoms with Crippen molar-refractivity contribution in [3.05, 3.63) is 0 Å². The van der Waals surface area contributed by atoms with E-state index in [1.165, 1.54) is 51.7 Å². The summed E-state index contributed by atoms with van der Waals surface area (Å²) in [7, 11) is 2.28. The average molecular weight is 296 g/mol. The molecule has 0 aromatic carbocycles. The molecule has 1 heterocycles. The molecule has 3 unspecified atom stereocenters. The Morgan fingerprint density at radius 3 is 2.52 bits per heavy atom. The second-order valence-corrected chi connectivity index (χ2v) is 7.90. The molecule has 21 heavy (non-hydrogen) atoms. The molecule has 0 aromatic heterocycles. The first-order valence-electron chi connectivity index (χ1n) is 9.16. The number of piperazine rings is 1. The van der Waals surface area contributed by atoms with Crippen LogP contribution in [-0.4, -0.2) is 60.6 Å². The maximum absolute atomic E-state index is 3.78. The molecule has 124 valence electrons. The molecule has 2 rings (SSSR count). The van der Waals surface area contributed by atoms with Gasteiger partial charge in [0.25, 0.3) is 0 Å². The van der Waals surface area contributed by atoms with Gasteiger partial charge in [-0.15, -0.1) is 0 Å². The van der Waals surface area contributed by atoms with Crippen LogP contribution in [-0.2, 0) is 0 Å². The highest BCUT2D eigenvalue weighted by atomic mass is 15.3. The monoisotopic (exact) mass is 295 g/mol. The minimum atomic E-state index is 0.312. The van der Waals surface area contributed by atoms with Crippen LogP contribution < -0.4 is 5.32 Å². The molecule has 0 spiro atoms. The molecule has 1 aliphatic heterocycles. The summed E-state index contributed by atoms with van der Waals surface area (Å²) >= 11 is 0. The topological polar surface area (TPSA) is 18.5 Å². The molecule has 3 heteroatoms. The molecule has 2 aliphatic rings. The summed E-state index contributed by atoms with van der Waals surface area (Å²) < 4.78 is 0. The quantitative estimate of drug-likeness (QED) is 0.841. The van der Waals surface area contributed by atoms with Gasteiger partial charge < -0.3 is 5.32 Å². The van der Waals surface area contributed by atoms with E-state index < -0.39 is 0 Å². The average Bonchev–Trinajstić information content (AvgIpc) is 2.44. The molecule has 0 radical (unpaired) electrons. The molecular formula is C18H37N3. The molecule has 1 saturated carbocycles. The van der Waals surface area contributed by atoms with E-state index in [1.54, 1.807) is 0 Å². The lowest BCUT2D eigenvalue weighted by atomic mass is 9.78. The zero-order valence-electron chi connectivity index (χ0n) is 15.0. The second kappa shape index (κ2) is 7.43. The zero-order valence-corrected chi connectivity index (χ0v) is 15.0. The van der Waals surface area contributed by atoms with Gasteiger partial charge in [0.1, 0.15) is 0 Å². The van der Waals surface area contributed by atoms with E-state index in [4.69, 9.17) is 0 Å². The third-order valence-electron chi connectivity index (χ3n) is 5.90. The molecule has 1 N–H and O–H groups in total. The highest BCUT2D eigenvalue weighted by molar-refractivity contribution is 4.97. The van der Waals surface area contributed by atoms with Crippen molar-refractivity contribution >= 4 is 0 Å². The predicted octanol–water partition coefficient (Wildman–Crippen LogP) is 2.96. The van der Waals surface area contributed by atoms with Crippen molar-refractivity contribution in [2.45, 2.75) is 77.4 Å². The van der Waals surface area contributed by atoms with Crippen molar-refractivity contribution in [3.63, 3.8) is 0 Å². The van der Waals surface area contributed by atoms with Gasteiger partial charge in [0.2, 0.25) is 0 Å². The van der Waals surface area contributed by atoms with E-state index >= 15 is 0 Å². The lowest BCUT2D eigenvalue weighted by molar-refractivity contribution is -0.00896. The normalized spacial score (nSPS) is 35.0. The van der Waals surface area contributed by atoms with Gasteiger partial charge in [-0.1, -0.05) is 26.7 Å². The summed E-state index contributed by atoms with van der Waals surface area (Å²) in [5.74, 6) is 0.956. The van der Waals surface area contributed by atoms with Crippen LogP contribution >= 0.6 is 0 Å². The highest BCUT2D eigenvalue weighted by Crippen LogP contribution is 2.33. The van der Waals surface area contributed by atoms with Gasteiger partial charge in [-0.3, -0.25) is 9.80 Å². The molecule has 1 aliphatic carbocycles. The molecular weight excluding hydrogens is 258 g/mol. The first-order valence-corrected chi connectivity index (χ1v) is 9.16. The summed E-state index contributed by atoms with van der Waals surface area (Å²) in [6.45, 7) is 14.2. The maximum Gasteiger partial charge on any atom is 0.0277 e. The third-order valence-corrected chi connectivity index (χ3v) is 5.90. The summed E-state index contributed by atoms with van der Waals surface area (Å²) in [6, 6.07) is 1.46. The SMILES string of the molecule is CCCC1CCC(NCC)C(N2CCN(C)C(C)(C)C2)C1. The number of hydrogen-bond acceptors (Lipinski definition) is 3. The van der Waals surface area contributed by atoms with Crippen molar-refractivity contribution in [1.29, 1.82) is 0 Å². The second-order valence-electron chi connectivity index (χ2n) is 7.90. The van der Waals surface area contributed by atoms with Crippen molar-refractivity contribution < 1.29 is 0 Å². The number of likely N-dealkylation sites (N-methyl/N-ethyl adjacent to an activating group) is 2. The van der Waals surface area contributed by atoms with Crippen molar-refractivity contribution in [3.8, 4) is 0 Å². The Morgan fingerprint density at radius 2 is 1.90 bits per heavy atom. The first kappa shape index (κ1) is 17.2. The summed E-state index contributed by atoms with van der Waals surface area (Å²) in [5, 5.41) is 3.78. The highest BCUT2D eigenvalue weighted by Gasteiger charge is 2.39. The number of nitrogens with zero attached hydrogens (tertiary/aromatic N) is 2. The van der Waals surface area contributed by atoms with Gasteiger partial charge in [0, 0.05) is 37.3 Å². The van der Waals surface area contributed by atoms with Crippen LogP contribution in [0.25, 0.3) is 0 Å². The van der Waals surface area contributed by atoms with Crippen LogP contribution in [0.3, 0.4) is 0 Å². The van der Waals surface area contributed by atoms with Crippen molar-refractivity contribution in [1.82, 2.24) is 15.1 Å². The fourth-order valence-corrected chi connectivity index (χ4v) is 4.37. The molecule has 3 atom stereocenters. The smallest absolute Gasteiger partial charge is 0.0277 e. The third kappa shape index (κ3) is 4.20. The molecule has 0 amide bonds. The van der Waals surface area contributed by atoms with Crippen molar-refractivity contribution in [2.75, 3.05) is 33.2 Å². The Labute approximate surface area is 132 Å². The van der Waals surface area contributed by atoms with Gasteiger partial charge >= 0.3 is 0 Å². The van der Waals surface area contributed by atoms with E-state index in [9.17, 15) is 0 Å². The fourth-order valence-electron chi connectivity index (χ4n) is 4.37. The van der Waals surface area contributed by atoms with E-state index in [-0.39, 0.29) is 0 Å². The molecule has 0 aromatic rings. The Balaban J connectivity index is 2.04. The van der Waals surface area contributed by atoms with Gasteiger partial charge in [0.15, 0.2) is 0 Å². The van der Waals surface area contributed by atoms with E-state index in [0.29, 0.717) is 11.6 Å². The van der Waals surface area contributed by atoms with Crippen molar-refractivity contribution in [2.24, 2.45) is 5.92 Å². The molecule has 1 saturated heterocycles. The molecule has 2 fully saturated rings. The van der Waals surface area contributed by atoms with Crippen LogP contribution in [0.4, 0.5) is 0 Å². The Morgan fingerprint density at radius 1 is 1.14 bits per heavy atom. The molecule has 3 nitrogen and oxygen atoms in total. The fraction of sp³-hybridized carbons (Fsp3) is 1.00. The van der Waals surface area contributed by atoms with E-state index in [2.05, 4.69) is 49.9 Å². The van der Waals surface area contributed by atoms with Crippen LogP contribution in [0.2, 0.25) is 0 Å². The zero-order chi connectivity index (χ0) is 15.5. The maximum atomic E-state index is 3.78. The number of hydrogen-bond donors (Lipinski definition) is 1. The predicted molar refractivity (Wildman–Crippen MR) is 91.8 cm³/mol. The van der Waals surface area contributed by atoms with E-state index in [0.717, 1.165) is 18.5 Å². The number of rotatable bonds is 5. The van der Waals surface area contributed by atoms with Crippen LogP contribution in [0, 0.1) is 5.92 Å². The molecule has 0 bridgehead atoms. The number of nitrogens with one attached hydrogen (secondary N) is 1. The van der Waals surface area contributed by atoms with Crippen LogP contribution in [0.5, 0.6) is 0 Å². The lowest BCUT2D eigenvalue weighted by Crippen LogP contribution is -2.63. The van der Waals surface area contributed by atoms with Gasteiger partial charge in [-0.2, -0.15) is 0 Å². The van der Waals surface area contributed by atoms with Gasteiger partial charge in [0.05, 0.1) is 0 Å². The summed E-state index contributed by atoms with van der Waals surface area (Å²) in [4.78, 5) is 5.33. The minimum Gasteiger partial charge on any atom is -0.313 e. The standard InChI is InChI=1S/C18H37N3/c1-6-8-15-9-10-16(19-7-2)17(13-15)21-12-11-20(5)18(3,4)14-21/h15-17,19H,6-14H2,1-5H3. The van der Waals surface area contributed by atoms with Crippen LogP contribution in [0.15, 0.2) is 0 Å². The van der Waals surface area contributed by atoms with E-state index in [1.807, 2.05) is 0 Å². The summed E-state index contributed by atoms with van der Waals surface area (Å²) in [6.07, 6.45) is 6.98. The Hall–Kier alpha value is -0.120. The lowest BCUT2D eigenvalue weighted by Gasteiger charge is -2.51.